The van der Waals surface area contributed by atoms with E-state index in [-0.39, 0.29) is 0 Å². The Morgan fingerprint density at radius 3 is 2.77 bits per heavy atom. The molecule has 3 aromatic heterocycles. The second-order valence-corrected chi connectivity index (χ2v) is 7.96. The lowest BCUT2D eigenvalue weighted by Crippen LogP contribution is -2.07. The number of benzene rings is 1. The number of hydrogen-bond acceptors (Lipinski definition) is 6. The van der Waals surface area contributed by atoms with Gasteiger partial charge in [0.15, 0.2) is 5.65 Å². The highest BCUT2D eigenvalue weighted by atomic mass is 16.5. The van der Waals surface area contributed by atoms with Crippen molar-refractivity contribution in [3.8, 4) is 17.0 Å². The van der Waals surface area contributed by atoms with Crippen molar-refractivity contribution < 1.29 is 4.74 Å². The van der Waals surface area contributed by atoms with Gasteiger partial charge in [-0.1, -0.05) is 32.0 Å². The lowest BCUT2D eigenvalue weighted by Gasteiger charge is -2.10. The van der Waals surface area contributed by atoms with Crippen molar-refractivity contribution in [2.24, 2.45) is 5.92 Å². The van der Waals surface area contributed by atoms with Crippen molar-refractivity contribution in [2.75, 3.05) is 19.0 Å². The van der Waals surface area contributed by atoms with Crippen LogP contribution in [0.25, 0.3) is 22.3 Å². The van der Waals surface area contributed by atoms with Gasteiger partial charge in [-0.25, -0.2) is 19.6 Å². The highest BCUT2D eigenvalue weighted by Gasteiger charge is 2.09. The largest absolute Gasteiger partial charge is 0.496 e. The Bertz CT molecular complexity index is 1150. The van der Waals surface area contributed by atoms with Gasteiger partial charge in [0.05, 0.1) is 19.0 Å². The number of rotatable bonds is 9. The van der Waals surface area contributed by atoms with E-state index in [1.165, 1.54) is 0 Å². The first-order valence-electron chi connectivity index (χ1n) is 10.6. The topological polar surface area (TPSA) is 77.8 Å². The van der Waals surface area contributed by atoms with E-state index in [0.29, 0.717) is 5.92 Å². The summed E-state index contributed by atoms with van der Waals surface area (Å²) in [6, 6.07) is 12.1. The van der Waals surface area contributed by atoms with Crippen LogP contribution < -0.4 is 10.1 Å². The molecule has 3 heterocycles. The first-order valence-corrected chi connectivity index (χ1v) is 10.6. The lowest BCUT2D eigenvalue weighted by molar-refractivity contribution is 0.410. The smallest absolute Gasteiger partial charge is 0.157 e. The molecule has 0 spiro atoms. The summed E-state index contributed by atoms with van der Waals surface area (Å²) >= 11 is 0. The van der Waals surface area contributed by atoms with Crippen molar-refractivity contribution >= 4 is 16.9 Å². The molecular weight excluding hydrogens is 388 g/mol. The predicted octanol–water partition coefficient (Wildman–Crippen LogP) is 4.60. The van der Waals surface area contributed by atoms with Gasteiger partial charge in [0.1, 0.15) is 17.9 Å². The van der Waals surface area contributed by atoms with Crippen LogP contribution in [-0.4, -0.2) is 38.4 Å². The number of aryl methyl sites for hydroxylation is 1. The lowest BCUT2D eigenvalue weighted by atomic mass is 10.1. The van der Waals surface area contributed by atoms with Gasteiger partial charge >= 0.3 is 0 Å². The molecule has 160 valence electrons. The Morgan fingerprint density at radius 1 is 1.06 bits per heavy atom. The third kappa shape index (κ3) is 4.99. The Morgan fingerprint density at radius 2 is 1.94 bits per heavy atom. The fraction of sp³-hybridized carbons (Fsp3) is 0.333. The number of hydrogen-bond donors (Lipinski definition) is 1. The Hall–Kier alpha value is -3.48. The van der Waals surface area contributed by atoms with Gasteiger partial charge in [0.2, 0.25) is 0 Å². The first-order chi connectivity index (χ1) is 15.1. The van der Waals surface area contributed by atoms with E-state index >= 15 is 0 Å². The van der Waals surface area contributed by atoms with E-state index in [9.17, 15) is 0 Å². The molecule has 0 unspecified atom stereocenters. The Kier molecular flexibility index (Phi) is 6.40. The summed E-state index contributed by atoms with van der Waals surface area (Å²) in [5.74, 6) is 2.32. The van der Waals surface area contributed by atoms with Gasteiger partial charge < -0.3 is 10.1 Å². The van der Waals surface area contributed by atoms with Crippen LogP contribution in [0.1, 0.15) is 25.8 Å². The molecule has 0 fully saturated rings. The van der Waals surface area contributed by atoms with Gasteiger partial charge in [-0.2, -0.15) is 5.10 Å². The van der Waals surface area contributed by atoms with Crippen LogP contribution in [0.5, 0.6) is 5.75 Å². The fourth-order valence-corrected chi connectivity index (χ4v) is 3.50. The second kappa shape index (κ2) is 9.55. The van der Waals surface area contributed by atoms with Crippen molar-refractivity contribution in [1.82, 2.24) is 24.7 Å². The third-order valence-electron chi connectivity index (χ3n) is 5.25. The van der Waals surface area contributed by atoms with Crippen molar-refractivity contribution in [3.05, 3.63) is 60.7 Å². The first kappa shape index (κ1) is 20.8. The predicted molar refractivity (Wildman–Crippen MR) is 123 cm³/mol. The zero-order valence-electron chi connectivity index (χ0n) is 18.2. The average Bonchev–Trinajstić information content (AvgIpc) is 3.20. The maximum atomic E-state index is 5.42. The van der Waals surface area contributed by atoms with E-state index in [4.69, 9.17) is 4.74 Å². The van der Waals surface area contributed by atoms with Crippen LogP contribution in [0.15, 0.2) is 55.1 Å². The molecule has 0 bridgehead atoms. The average molecular weight is 417 g/mol. The molecule has 7 nitrogen and oxygen atoms in total. The second-order valence-electron chi connectivity index (χ2n) is 7.96. The molecule has 0 radical (unpaired) electrons. The maximum Gasteiger partial charge on any atom is 0.157 e. The van der Waals surface area contributed by atoms with Gasteiger partial charge in [0, 0.05) is 36.3 Å². The minimum atomic E-state index is 0.633. The van der Waals surface area contributed by atoms with Crippen LogP contribution in [0, 0.1) is 5.92 Å². The SMILES string of the molecule is COc1ccccc1CCNc1cc(-c2cnc3c(cnn3CCC(C)C)c2)ncn1. The molecule has 1 N–H and O–H groups in total. The van der Waals surface area contributed by atoms with E-state index in [1.54, 1.807) is 13.4 Å². The molecule has 7 heteroatoms. The van der Waals surface area contributed by atoms with Gasteiger partial charge in [-0.15, -0.1) is 0 Å². The highest BCUT2D eigenvalue weighted by Crippen LogP contribution is 2.23. The maximum absolute atomic E-state index is 5.42. The van der Waals surface area contributed by atoms with Crippen molar-refractivity contribution in [3.63, 3.8) is 0 Å². The van der Waals surface area contributed by atoms with E-state index < -0.39 is 0 Å². The number of nitrogens with one attached hydrogen (secondary N) is 1. The van der Waals surface area contributed by atoms with Gasteiger partial charge in [0.25, 0.3) is 0 Å². The summed E-state index contributed by atoms with van der Waals surface area (Å²) in [5, 5.41) is 8.90. The molecule has 4 aromatic rings. The molecule has 0 atom stereocenters. The molecule has 1 aromatic carbocycles. The molecular formula is C24H28N6O. The molecule has 0 aliphatic carbocycles. The standard InChI is InChI=1S/C24H28N6O/c1-17(2)9-11-30-24-20(15-29-30)12-19(14-26-24)21-13-23(28-16-27-21)25-10-8-18-6-4-5-7-22(18)31-3/h4-7,12-17H,8-11H2,1-3H3,(H,25,27,28). The van der Waals surface area contributed by atoms with Crippen molar-refractivity contribution in [2.45, 2.75) is 33.2 Å². The number of pyridine rings is 1. The third-order valence-corrected chi connectivity index (χ3v) is 5.25. The minimum Gasteiger partial charge on any atom is -0.496 e. The minimum absolute atomic E-state index is 0.633. The normalized spacial score (nSPS) is 11.2. The van der Waals surface area contributed by atoms with Crippen molar-refractivity contribution in [1.29, 1.82) is 0 Å². The molecule has 0 aliphatic rings. The van der Waals surface area contributed by atoms with Crippen LogP contribution >= 0.6 is 0 Å². The summed E-state index contributed by atoms with van der Waals surface area (Å²) in [4.78, 5) is 13.4. The highest BCUT2D eigenvalue weighted by molar-refractivity contribution is 5.80. The van der Waals surface area contributed by atoms with Gasteiger partial charge in [-0.3, -0.25) is 0 Å². The number of para-hydroxylation sites is 1. The van der Waals surface area contributed by atoms with Gasteiger partial charge in [-0.05, 0) is 36.5 Å². The molecule has 31 heavy (non-hydrogen) atoms. The summed E-state index contributed by atoms with van der Waals surface area (Å²) in [6.45, 7) is 6.06. The van der Waals surface area contributed by atoms with Crippen LogP contribution in [0.4, 0.5) is 5.82 Å². The number of anilines is 1. The summed E-state index contributed by atoms with van der Waals surface area (Å²) < 4.78 is 7.40. The molecule has 0 amide bonds. The van der Waals surface area contributed by atoms with Crippen LogP contribution in [0.2, 0.25) is 0 Å². The summed E-state index contributed by atoms with van der Waals surface area (Å²) in [7, 11) is 1.70. The quantitative estimate of drug-likeness (QED) is 0.430. The summed E-state index contributed by atoms with van der Waals surface area (Å²) in [6.07, 6.45) is 7.23. The molecule has 4 rings (SSSR count). The van der Waals surface area contributed by atoms with E-state index in [0.717, 1.165) is 65.4 Å². The number of aromatic nitrogens is 5. The molecule has 0 saturated carbocycles. The zero-order valence-corrected chi connectivity index (χ0v) is 18.2. The zero-order chi connectivity index (χ0) is 21.6. The Labute approximate surface area is 182 Å². The molecule has 0 saturated heterocycles. The number of methoxy groups -OCH3 is 1. The Balaban J connectivity index is 1.45. The molecule has 0 aliphatic heterocycles. The fourth-order valence-electron chi connectivity index (χ4n) is 3.50. The number of nitrogens with zero attached hydrogens (tertiary/aromatic N) is 5. The van der Waals surface area contributed by atoms with Crippen LogP contribution in [-0.2, 0) is 13.0 Å². The monoisotopic (exact) mass is 416 g/mol. The van der Waals surface area contributed by atoms with Crippen LogP contribution in [0.3, 0.4) is 0 Å². The number of ether oxygens (including phenoxy) is 1. The summed E-state index contributed by atoms with van der Waals surface area (Å²) in [5.41, 5.74) is 3.86. The number of fused-ring (bicyclic) bond motifs is 1. The van der Waals surface area contributed by atoms with E-state index in [2.05, 4.69) is 51.3 Å². The van der Waals surface area contributed by atoms with E-state index in [1.807, 2.05) is 41.3 Å².